The van der Waals surface area contributed by atoms with Gasteiger partial charge in [0.1, 0.15) is 0 Å². The maximum Gasteiger partial charge on any atom is 0.225 e. The molecule has 1 N–H and O–H groups in total. The largest absolute Gasteiger partial charge is 0.351 e. The topological polar surface area (TPSA) is 89.8 Å². The summed E-state index contributed by atoms with van der Waals surface area (Å²) in [5.74, 6) is 1.15. The van der Waals surface area contributed by atoms with Crippen molar-refractivity contribution in [1.82, 2.24) is 25.1 Å². The van der Waals surface area contributed by atoms with E-state index in [-0.39, 0.29) is 11.7 Å². The lowest BCUT2D eigenvalue weighted by molar-refractivity contribution is -0.128. The molecule has 1 aliphatic carbocycles. The smallest absolute Gasteiger partial charge is 0.225 e. The van der Waals surface area contributed by atoms with Gasteiger partial charge in [-0.3, -0.25) is 19.1 Å². The molecule has 9 heteroatoms. The number of amides is 1. The van der Waals surface area contributed by atoms with Crippen LogP contribution in [-0.4, -0.2) is 37.2 Å². The van der Waals surface area contributed by atoms with E-state index in [2.05, 4.69) is 25.1 Å². The van der Waals surface area contributed by atoms with Crippen LogP contribution in [0.3, 0.4) is 0 Å². The SMILES string of the molecule is CC(C)(C)C(=O)NCc1ccc(C(=O)CSc2nnc(-c3cccnc3)n2C2CC2)s1. The number of carbonyl (C=O) groups excluding carboxylic acids is 2. The lowest BCUT2D eigenvalue weighted by Crippen LogP contribution is -2.34. The molecule has 1 saturated carbocycles. The van der Waals surface area contributed by atoms with E-state index in [0.29, 0.717) is 23.2 Å². The number of thiophene rings is 1. The predicted molar refractivity (Wildman–Crippen MR) is 122 cm³/mol. The van der Waals surface area contributed by atoms with Crippen LogP contribution in [0.25, 0.3) is 11.4 Å². The van der Waals surface area contributed by atoms with E-state index >= 15 is 0 Å². The Morgan fingerprint density at radius 1 is 1.23 bits per heavy atom. The maximum absolute atomic E-state index is 12.7. The lowest BCUT2D eigenvalue weighted by atomic mass is 9.96. The number of hydrogen-bond donors (Lipinski definition) is 1. The second-order valence-electron chi connectivity index (χ2n) is 8.56. The van der Waals surface area contributed by atoms with Crippen LogP contribution in [0, 0.1) is 5.41 Å². The molecule has 162 valence electrons. The summed E-state index contributed by atoms with van der Waals surface area (Å²) in [7, 11) is 0. The highest BCUT2D eigenvalue weighted by Crippen LogP contribution is 2.41. The van der Waals surface area contributed by atoms with E-state index in [9.17, 15) is 9.59 Å². The van der Waals surface area contributed by atoms with Crippen molar-refractivity contribution in [3.05, 3.63) is 46.4 Å². The van der Waals surface area contributed by atoms with Crippen molar-refractivity contribution < 1.29 is 9.59 Å². The fraction of sp³-hybridized carbons (Fsp3) is 0.409. The third kappa shape index (κ3) is 5.22. The van der Waals surface area contributed by atoms with Gasteiger partial charge in [-0.1, -0.05) is 32.5 Å². The summed E-state index contributed by atoms with van der Waals surface area (Å²) >= 11 is 2.85. The zero-order valence-electron chi connectivity index (χ0n) is 17.8. The standard InChI is InChI=1S/C22H25N5O2S2/c1-22(2,3)20(29)24-12-16-8-9-18(31-16)17(28)13-30-21-26-25-19(27(21)15-6-7-15)14-5-4-10-23-11-14/h4-5,8-11,15H,6-7,12-13H2,1-3H3,(H,24,29). The van der Waals surface area contributed by atoms with Crippen molar-refractivity contribution in [2.75, 3.05) is 5.75 Å². The summed E-state index contributed by atoms with van der Waals surface area (Å²) in [6.07, 6.45) is 5.72. The van der Waals surface area contributed by atoms with Crippen LogP contribution in [0.2, 0.25) is 0 Å². The Kier molecular flexibility index (Phi) is 6.24. The molecule has 0 bridgehead atoms. The van der Waals surface area contributed by atoms with Gasteiger partial charge in [0.25, 0.3) is 0 Å². The number of aromatic nitrogens is 4. The molecule has 0 spiro atoms. The Hall–Kier alpha value is -2.52. The molecule has 1 fully saturated rings. The number of Topliss-reactive ketones (excluding diaryl/α,β-unsaturated/α-hetero) is 1. The molecule has 0 aliphatic heterocycles. The monoisotopic (exact) mass is 455 g/mol. The summed E-state index contributed by atoms with van der Waals surface area (Å²) < 4.78 is 2.14. The fourth-order valence-electron chi connectivity index (χ4n) is 2.99. The summed E-state index contributed by atoms with van der Waals surface area (Å²) in [5.41, 5.74) is 0.499. The first-order chi connectivity index (χ1) is 14.8. The van der Waals surface area contributed by atoms with Gasteiger partial charge in [0.15, 0.2) is 16.8 Å². The highest BCUT2D eigenvalue weighted by Gasteiger charge is 2.30. The van der Waals surface area contributed by atoms with Gasteiger partial charge in [0.2, 0.25) is 5.91 Å². The van der Waals surface area contributed by atoms with Crippen molar-refractivity contribution in [3.8, 4) is 11.4 Å². The van der Waals surface area contributed by atoms with Crippen molar-refractivity contribution in [1.29, 1.82) is 0 Å². The average molecular weight is 456 g/mol. The molecule has 0 aromatic carbocycles. The first-order valence-corrected chi connectivity index (χ1v) is 12.0. The highest BCUT2D eigenvalue weighted by atomic mass is 32.2. The number of pyridine rings is 1. The molecule has 0 atom stereocenters. The number of nitrogens with one attached hydrogen (secondary N) is 1. The minimum atomic E-state index is -0.432. The number of thioether (sulfide) groups is 1. The third-order valence-electron chi connectivity index (χ3n) is 4.87. The molecule has 0 radical (unpaired) electrons. The predicted octanol–water partition coefficient (Wildman–Crippen LogP) is 4.37. The number of carbonyl (C=O) groups is 2. The van der Waals surface area contributed by atoms with Crippen LogP contribution in [0.1, 0.15) is 54.2 Å². The van der Waals surface area contributed by atoms with Gasteiger partial charge in [0.05, 0.1) is 17.2 Å². The van der Waals surface area contributed by atoms with Gasteiger partial charge in [-0.05, 0) is 37.1 Å². The molecule has 1 aliphatic rings. The second-order valence-corrected chi connectivity index (χ2v) is 10.7. The quantitative estimate of drug-likeness (QED) is 0.401. The summed E-state index contributed by atoms with van der Waals surface area (Å²) in [6, 6.07) is 7.98. The van der Waals surface area contributed by atoms with Gasteiger partial charge in [-0.25, -0.2) is 0 Å². The van der Waals surface area contributed by atoms with Crippen molar-refractivity contribution >= 4 is 34.8 Å². The Balaban J connectivity index is 1.39. The van der Waals surface area contributed by atoms with Crippen LogP contribution in [0.4, 0.5) is 0 Å². The van der Waals surface area contributed by atoms with E-state index in [4.69, 9.17) is 0 Å². The van der Waals surface area contributed by atoms with Crippen molar-refractivity contribution in [2.24, 2.45) is 5.41 Å². The molecule has 7 nitrogen and oxygen atoms in total. The zero-order chi connectivity index (χ0) is 22.0. The van der Waals surface area contributed by atoms with Gasteiger partial charge in [-0.2, -0.15) is 0 Å². The highest BCUT2D eigenvalue weighted by molar-refractivity contribution is 7.99. The molecule has 4 rings (SSSR count). The van der Waals surface area contributed by atoms with Gasteiger partial charge < -0.3 is 5.32 Å². The molecule has 0 unspecified atom stereocenters. The Bertz CT molecular complexity index is 1080. The normalized spacial score (nSPS) is 13.9. The maximum atomic E-state index is 12.7. The second kappa shape index (κ2) is 8.92. The molecule has 3 heterocycles. The molecular formula is C22H25N5O2S2. The van der Waals surface area contributed by atoms with E-state index in [1.54, 1.807) is 12.4 Å². The average Bonchev–Trinajstić information content (AvgIpc) is 3.32. The van der Waals surface area contributed by atoms with E-state index in [0.717, 1.165) is 34.3 Å². The third-order valence-corrected chi connectivity index (χ3v) is 6.94. The number of ketones is 1. The minimum absolute atomic E-state index is 0.00633. The Morgan fingerprint density at radius 2 is 2.03 bits per heavy atom. The molecule has 0 saturated heterocycles. The van der Waals surface area contributed by atoms with Crippen LogP contribution in [0.5, 0.6) is 0 Å². The van der Waals surface area contributed by atoms with Crippen LogP contribution in [0.15, 0.2) is 41.8 Å². The molecular weight excluding hydrogens is 430 g/mol. The Labute approximate surface area is 189 Å². The Morgan fingerprint density at radius 3 is 2.71 bits per heavy atom. The molecule has 1 amide bonds. The van der Waals surface area contributed by atoms with Gasteiger partial charge in [0, 0.05) is 34.3 Å². The molecule has 31 heavy (non-hydrogen) atoms. The van der Waals surface area contributed by atoms with E-state index in [1.807, 2.05) is 45.0 Å². The fourth-order valence-corrected chi connectivity index (χ4v) is 4.85. The molecule has 3 aromatic rings. The van der Waals surface area contributed by atoms with E-state index in [1.165, 1.54) is 23.1 Å². The number of hydrogen-bond acceptors (Lipinski definition) is 7. The zero-order valence-corrected chi connectivity index (χ0v) is 19.4. The first kappa shape index (κ1) is 21.7. The van der Waals surface area contributed by atoms with Crippen molar-refractivity contribution in [3.63, 3.8) is 0 Å². The summed E-state index contributed by atoms with van der Waals surface area (Å²) in [5, 5.41) is 12.4. The first-order valence-electron chi connectivity index (χ1n) is 10.2. The molecule has 3 aromatic heterocycles. The lowest BCUT2D eigenvalue weighted by Gasteiger charge is -2.17. The van der Waals surface area contributed by atoms with Gasteiger partial charge >= 0.3 is 0 Å². The number of rotatable bonds is 8. The van der Waals surface area contributed by atoms with E-state index < -0.39 is 5.41 Å². The number of nitrogens with zero attached hydrogens (tertiary/aromatic N) is 4. The van der Waals surface area contributed by atoms with Crippen molar-refractivity contribution in [2.45, 2.75) is 51.4 Å². The van der Waals surface area contributed by atoms with Crippen LogP contribution >= 0.6 is 23.1 Å². The van der Waals surface area contributed by atoms with Gasteiger partial charge in [-0.15, -0.1) is 21.5 Å². The minimum Gasteiger partial charge on any atom is -0.351 e. The summed E-state index contributed by atoms with van der Waals surface area (Å²) in [6.45, 7) is 6.07. The summed E-state index contributed by atoms with van der Waals surface area (Å²) in [4.78, 5) is 30.6. The van der Waals surface area contributed by atoms with Crippen LogP contribution in [-0.2, 0) is 11.3 Å². The van der Waals surface area contributed by atoms with Crippen LogP contribution < -0.4 is 5.32 Å².